The maximum absolute atomic E-state index is 6.02. The summed E-state index contributed by atoms with van der Waals surface area (Å²) >= 11 is 13.4. The van der Waals surface area contributed by atoms with Crippen molar-refractivity contribution in [3.05, 3.63) is 63.6 Å². The van der Waals surface area contributed by atoms with Gasteiger partial charge in [0.15, 0.2) is 0 Å². The summed E-state index contributed by atoms with van der Waals surface area (Å²) in [5, 5.41) is 8.00. The highest BCUT2D eigenvalue weighted by atomic mass is 35.5. The monoisotopic (exact) mass is 362 g/mol. The third-order valence-corrected chi connectivity index (χ3v) is 4.57. The molecule has 0 aliphatic carbocycles. The maximum atomic E-state index is 6.02. The highest BCUT2D eigenvalue weighted by molar-refractivity contribution is 7.14. The zero-order chi connectivity index (χ0) is 16.2. The van der Waals surface area contributed by atoms with E-state index in [0.29, 0.717) is 15.2 Å². The molecule has 1 aromatic carbocycles. The fraction of sp³-hybridized carbons (Fsp3) is 0.0625. The normalized spacial score (nSPS) is 11.5. The predicted octanol–water partition coefficient (Wildman–Crippen LogP) is 5.35. The van der Waals surface area contributed by atoms with Crippen LogP contribution >= 0.6 is 34.5 Å². The van der Waals surface area contributed by atoms with E-state index in [0.717, 1.165) is 22.7 Å². The van der Waals surface area contributed by atoms with E-state index in [1.807, 2.05) is 36.6 Å². The minimum atomic E-state index is 0.505. The summed E-state index contributed by atoms with van der Waals surface area (Å²) < 4.78 is 0. The number of hydrogen-bond donors (Lipinski definition) is 1. The number of halogens is 2. The molecule has 0 bridgehead atoms. The lowest BCUT2D eigenvalue weighted by atomic mass is 10.1. The molecule has 0 fully saturated rings. The highest BCUT2D eigenvalue weighted by Gasteiger charge is 2.06. The summed E-state index contributed by atoms with van der Waals surface area (Å²) in [6, 6.07) is 11.1. The van der Waals surface area contributed by atoms with Crippen LogP contribution in [0.3, 0.4) is 0 Å². The molecule has 23 heavy (non-hydrogen) atoms. The van der Waals surface area contributed by atoms with Crippen LogP contribution in [0.2, 0.25) is 10.0 Å². The molecule has 2 heterocycles. The Morgan fingerprint density at radius 2 is 2.00 bits per heavy atom. The van der Waals surface area contributed by atoms with Crippen molar-refractivity contribution in [2.45, 2.75) is 6.92 Å². The molecule has 0 unspecified atom stereocenters. The number of aromatic nitrogens is 2. The summed E-state index contributed by atoms with van der Waals surface area (Å²) in [5.41, 5.74) is 6.30. The van der Waals surface area contributed by atoms with Crippen LogP contribution in [0.4, 0.5) is 5.13 Å². The van der Waals surface area contributed by atoms with Gasteiger partial charge in [-0.2, -0.15) is 5.10 Å². The number of hydrogen-bond acceptors (Lipinski definition) is 5. The van der Waals surface area contributed by atoms with Gasteiger partial charge in [0.2, 0.25) is 5.13 Å². The van der Waals surface area contributed by atoms with Crippen LogP contribution in [0.1, 0.15) is 12.5 Å². The Morgan fingerprint density at radius 1 is 1.13 bits per heavy atom. The molecule has 0 saturated carbocycles. The fourth-order valence-corrected chi connectivity index (χ4v) is 2.82. The molecule has 0 radical (unpaired) electrons. The van der Waals surface area contributed by atoms with E-state index >= 15 is 0 Å². The van der Waals surface area contributed by atoms with E-state index in [-0.39, 0.29) is 0 Å². The van der Waals surface area contributed by atoms with Crippen molar-refractivity contribution >= 4 is 45.4 Å². The largest absolute Gasteiger partial charge is 0.255 e. The highest BCUT2D eigenvalue weighted by Crippen LogP contribution is 2.24. The Morgan fingerprint density at radius 3 is 2.74 bits per heavy atom. The molecule has 4 nitrogen and oxygen atoms in total. The number of anilines is 1. The van der Waals surface area contributed by atoms with E-state index in [4.69, 9.17) is 23.2 Å². The predicted molar refractivity (Wildman–Crippen MR) is 97.6 cm³/mol. The Balaban J connectivity index is 1.75. The van der Waals surface area contributed by atoms with Gasteiger partial charge in [-0.05, 0) is 36.8 Å². The van der Waals surface area contributed by atoms with Crippen molar-refractivity contribution in [1.29, 1.82) is 0 Å². The van der Waals surface area contributed by atoms with Gasteiger partial charge < -0.3 is 0 Å². The first kappa shape index (κ1) is 15.9. The number of nitrogens with zero attached hydrogens (tertiary/aromatic N) is 3. The quantitative estimate of drug-likeness (QED) is 0.502. The minimum Gasteiger partial charge on any atom is -0.255 e. The maximum Gasteiger partial charge on any atom is 0.203 e. The van der Waals surface area contributed by atoms with Crippen molar-refractivity contribution in [2.24, 2.45) is 5.10 Å². The average molecular weight is 363 g/mol. The van der Waals surface area contributed by atoms with E-state index in [1.54, 1.807) is 18.3 Å². The van der Waals surface area contributed by atoms with Gasteiger partial charge in [-0.15, -0.1) is 11.3 Å². The third kappa shape index (κ3) is 3.88. The molecule has 0 aliphatic rings. The number of nitrogens with one attached hydrogen (secondary N) is 1. The van der Waals surface area contributed by atoms with Gasteiger partial charge in [0.05, 0.1) is 21.5 Å². The molecule has 1 N–H and O–H groups in total. The number of rotatable bonds is 4. The van der Waals surface area contributed by atoms with E-state index < -0.39 is 0 Å². The zero-order valence-corrected chi connectivity index (χ0v) is 14.5. The summed E-state index contributed by atoms with van der Waals surface area (Å²) in [7, 11) is 0. The standard InChI is InChI=1S/C16H12Cl2N4S/c1-10(11-5-6-12(17)13(18)8-11)21-22-16-20-15(9-23-16)14-4-2-3-7-19-14/h2-9H,1H3,(H,20,22)/b21-10+. The lowest BCUT2D eigenvalue weighted by Gasteiger charge is -2.03. The van der Waals surface area contributed by atoms with E-state index in [9.17, 15) is 0 Å². The van der Waals surface area contributed by atoms with Gasteiger partial charge in [0, 0.05) is 11.6 Å². The van der Waals surface area contributed by atoms with Crippen LogP contribution < -0.4 is 5.43 Å². The van der Waals surface area contributed by atoms with Gasteiger partial charge in [-0.1, -0.05) is 35.3 Å². The first-order valence-corrected chi connectivity index (χ1v) is 8.39. The Hall–Kier alpha value is -1.95. The SMILES string of the molecule is C/C(=N\Nc1nc(-c2ccccn2)cs1)c1ccc(Cl)c(Cl)c1. The molecular weight excluding hydrogens is 351 g/mol. The summed E-state index contributed by atoms with van der Waals surface area (Å²) in [6.45, 7) is 1.89. The fourth-order valence-electron chi connectivity index (χ4n) is 1.87. The minimum absolute atomic E-state index is 0.505. The first-order chi connectivity index (χ1) is 11.1. The molecule has 0 amide bonds. The van der Waals surface area contributed by atoms with Crippen LogP contribution in [-0.4, -0.2) is 15.7 Å². The molecule has 0 saturated heterocycles. The summed E-state index contributed by atoms with van der Waals surface area (Å²) in [6.07, 6.45) is 1.74. The van der Waals surface area contributed by atoms with Crippen molar-refractivity contribution in [3.8, 4) is 11.4 Å². The van der Waals surface area contributed by atoms with Crippen LogP contribution in [0, 0.1) is 0 Å². The van der Waals surface area contributed by atoms with Gasteiger partial charge in [0.25, 0.3) is 0 Å². The van der Waals surface area contributed by atoms with Gasteiger partial charge in [-0.25, -0.2) is 4.98 Å². The average Bonchev–Trinajstić information content (AvgIpc) is 3.05. The number of hydrazone groups is 1. The van der Waals surface area contributed by atoms with Gasteiger partial charge in [0.1, 0.15) is 5.69 Å². The van der Waals surface area contributed by atoms with Crippen LogP contribution in [-0.2, 0) is 0 Å². The zero-order valence-electron chi connectivity index (χ0n) is 12.1. The molecular formula is C16H12Cl2N4S. The van der Waals surface area contributed by atoms with E-state index in [1.165, 1.54) is 11.3 Å². The molecule has 0 aliphatic heterocycles. The smallest absolute Gasteiger partial charge is 0.203 e. The van der Waals surface area contributed by atoms with Crippen LogP contribution in [0.5, 0.6) is 0 Å². The number of pyridine rings is 1. The van der Waals surface area contributed by atoms with Crippen molar-refractivity contribution in [3.63, 3.8) is 0 Å². The number of thiazole rings is 1. The topological polar surface area (TPSA) is 50.2 Å². The Kier molecular flexibility index (Phi) is 4.91. The Bertz CT molecular complexity index is 846. The molecule has 2 aromatic heterocycles. The molecule has 3 rings (SSSR count). The summed E-state index contributed by atoms with van der Waals surface area (Å²) in [4.78, 5) is 8.74. The lowest BCUT2D eigenvalue weighted by molar-refractivity contribution is 1.24. The molecule has 3 aromatic rings. The second kappa shape index (κ2) is 7.08. The van der Waals surface area contributed by atoms with E-state index in [2.05, 4.69) is 20.5 Å². The molecule has 0 atom stereocenters. The third-order valence-electron chi connectivity index (χ3n) is 3.09. The van der Waals surface area contributed by atoms with Crippen molar-refractivity contribution in [2.75, 3.05) is 5.43 Å². The van der Waals surface area contributed by atoms with Gasteiger partial charge >= 0.3 is 0 Å². The Labute approximate surface area is 147 Å². The van der Waals surface area contributed by atoms with Crippen molar-refractivity contribution < 1.29 is 0 Å². The van der Waals surface area contributed by atoms with Crippen LogP contribution in [0.25, 0.3) is 11.4 Å². The number of benzene rings is 1. The molecule has 116 valence electrons. The van der Waals surface area contributed by atoms with Crippen LogP contribution in [0.15, 0.2) is 53.1 Å². The molecule has 7 heteroatoms. The second-order valence-corrected chi connectivity index (χ2v) is 6.36. The lowest BCUT2D eigenvalue weighted by Crippen LogP contribution is -1.99. The first-order valence-electron chi connectivity index (χ1n) is 6.76. The van der Waals surface area contributed by atoms with Crippen molar-refractivity contribution in [1.82, 2.24) is 9.97 Å². The molecule has 0 spiro atoms. The van der Waals surface area contributed by atoms with Gasteiger partial charge in [-0.3, -0.25) is 10.4 Å². The second-order valence-electron chi connectivity index (χ2n) is 4.69. The summed E-state index contributed by atoms with van der Waals surface area (Å²) in [5.74, 6) is 0.